The Kier molecular flexibility index (Phi) is 4.95. The van der Waals surface area contributed by atoms with Crippen molar-refractivity contribution in [1.82, 2.24) is 4.57 Å². The molecule has 28 heavy (non-hydrogen) atoms. The van der Waals surface area contributed by atoms with Gasteiger partial charge in [-0.25, -0.2) is 8.42 Å². The van der Waals surface area contributed by atoms with Crippen LogP contribution >= 0.6 is 0 Å². The molecule has 0 saturated carbocycles. The maximum absolute atomic E-state index is 13.6. The summed E-state index contributed by atoms with van der Waals surface area (Å²) >= 11 is 0. The third kappa shape index (κ3) is 3.26. The monoisotopic (exact) mass is 405 g/mol. The van der Waals surface area contributed by atoms with Crippen LogP contribution in [-0.4, -0.2) is 31.0 Å². The Hall–Kier alpha value is -2.48. The second-order valence-electron chi connectivity index (χ2n) is 7.88. The van der Waals surface area contributed by atoms with Crippen molar-refractivity contribution >= 4 is 21.6 Å². The number of hydrogen-bond donors (Lipinski definition) is 1. The number of anilines is 1. The maximum atomic E-state index is 13.6. The standard InChI is InChI=1S/C20H27N3O4S/c1-6-27-14-7-8-17-16(9-14)13(2)11-20(3,4)23(17)28(25,26)15-10-18(19(21)24)22(5)12-15/h7-10,12-13H,6,11H2,1-5H3,(H2,21,24). The molecule has 0 radical (unpaired) electrons. The normalized spacial score (nSPS) is 18.6. The van der Waals surface area contributed by atoms with E-state index in [1.807, 2.05) is 26.8 Å². The summed E-state index contributed by atoms with van der Waals surface area (Å²) in [5.74, 6) is 0.229. The van der Waals surface area contributed by atoms with Crippen LogP contribution in [0.3, 0.4) is 0 Å². The van der Waals surface area contributed by atoms with Gasteiger partial charge in [-0.2, -0.15) is 0 Å². The fourth-order valence-corrected chi connectivity index (χ4v) is 6.03. The molecule has 3 rings (SSSR count). The average molecular weight is 406 g/mol. The number of carbonyl (C=O) groups excluding carboxylic acids is 1. The smallest absolute Gasteiger partial charge is 0.266 e. The van der Waals surface area contributed by atoms with Gasteiger partial charge < -0.3 is 15.0 Å². The summed E-state index contributed by atoms with van der Waals surface area (Å²) in [7, 11) is -2.30. The van der Waals surface area contributed by atoms with Crippen LogP contribution < -0.4 is 14.8 Å². The maximum Gasteiger partial charge on any atom is 0.266 e. The van der Waals surface area contributed by atoms with Gasteiger partial charge in [0.1, 0.15) is 16.3 Å². The van der Waals surface area contributed by atoms with E-state index in [-0.39, 0.29) is 16.5 Å². The molecule has 1 aromatic carbocycles. The number of benzene rings is 1. The van der Waals surface area contributed by atoms with E-state index in [0.717, 1.165) is 11.3 Å². The molecular formula is C20H27N3O4S. The van der Waals surface area contributed by atoms with Crippen LogP contribution in [0.4, 0.5) is 5.69 Å². The Morgan fingerprint density at radius 3 is 2.57 bits per heavy atom. The van der Waals surface area contributed by atoms with Gasteiger partial charge in [0.2, 0.25) is 0 Å². The molecule has 0 fully saturated rings. The van der Waals surface area contributed by atoms with Crippen LogP contribution in [0.2, 0.25) is 0 Å². The molecule has 1 aliphatic rings. The van der Waals surface area contributed by atoms with Crippen molar-refractivity contribution < 1.29 is 17.9 Å². The highest BCUT2D eigenvalue weighted by atomic mass is 32.2. The zero-order chi connectivity index (χ0) is 20.9. The minimum absolute atomic E-state index is 0.0475. The first kappa shape index (κ1) is 20.3. The molecule has 0 saturated heterocycles. The van der Waals surface area contributed by atoms with E-state index in [2.05, 4.69) is 6.92 Å². The lowest BCUT2D eigenvalue weighted by molar-refractivity contribution is 0.0992. The molecule has 1 aliphatic heterocycles. The number of fused-ring (bicyclic) bond motifs is 1. The Balaban J connectivity index is 2.18. The Morgan fingerprint density at radius 2 is 2.00 bits per heavy atom. The van der Waals surface area contributed by atoms with Gasteiger partial charge in [-0.1, -0.05) is 6.92 Å². The summed E-state index contributed by atoms with van der Waals surface area (Å²) in [6.45, 7) is 8.37. The molecule has 1 aromatic heterocycles. The van der Waals surface area contributed by atoms with Crippen LogP contribution in [0.15, 0.2) is 35.4 Å². The lowest BCUT2D eigenvalue weighted by Crippen LogP contribution is -2.51. The first-order valence-electron chi connectivity index (χ1n) is 9.27. The molecule has 1 unspecified atom stereocenters. The number of ether oxygens (including phenoxy) is 1. The van der Waals surface area contributed by atoms with Gasteiger partial charge in [0.15, 0.2) is 0 Å². The van der Waals surface area contributed by atoms with Crippen LogP contribution in [-0.2, 0) is 17.1 Å². The predicted molar refractivity (Wildman–Crippen MR) is 108 cm³/mol. The van der Waals surface area contributed by atoms with Crippen molar-refractivity contribution in [3.05, 3.63) is 41.7 Å². The van der Waals surface area contributed by atoms with E-state index in [4.69, 9.17) is 10.5 Å². The molecule has 152 valence electrons. The molecule has 1 atom stereocenters. The van der Waals surface area contributed by atoms with Crippen molar-refractivity contribution in [2.24, 2.45) is 12.8 Å². The van der Waals surface area contributed by atoms with Gasteiger partial charge in [-0.3, -0.25) is 9.10 Å². The minimum atomic E-state index is -3.90. The van der Waals surface area contributed by atoms with Crippen molar-refractivity contribution in [2.75, 3.05) is 10.9 Å². The van der Waals surface area contributed by atoms with E-state index < -0.39 is 21.5 Å². The fourth-order valence-electron chi connectivity index (χ4n) is 4.12. The van der Waals surface area contributed by atoms with Gasteiger partial charge in [-0.05, 0) is 62.9 Å². The lowest BCUT2D eigenvalue weighted by atomic mass is 9.82. The number of nitrogens with two attached hydrogens (primary N) is 1. The summed E-state index contributed by atoms with van der Waals surface area (Å²) in [4.78, 5) is 11.6. The quantitative estimate of drug-likeness (QED) is 0.827. The zero-order valence-electron chi connectivity index (χ0n) is 16.9. The first-order valence-corrected chi connectivity index (χ1v) is 10.7. The predicted octanol–water partition coefficient (Wildman–Crippen LogP) is 3.00. The highest BCUT2D eigenvalue weighted by Gasteiger charge is 2.44. The van der Waals surface area contributed by atoms with Crippen LogP contribution in [0, 0.1) is 0 Å². The van der Waals surface area contributed by atoms with E-state index in [0.29, 0.717) is 18.7 Å². The number of primary amides is 1. The number of aromatic nitrogens is 1. The second kappa shape index (κ2) is 6.84. The Bertz CT molecular complexity index is 1020. The Morgan fingerprint density at radius 1 is 1.32 bits per heavy atom. The van der Waals surface area contributed by atoms with Gasteiger partial charge >= 0.3 is 0 Å². The molecule has 0 aliphatic carbocycles. The molecule has 2 aromatic rings. The van der Waals surface area contributed by atoms with Crippen LogP contribution in [0.1, 0.15) is 56.1 Å². The number of carbonyl (C=O) groups is 1. The zero-order valence-corrected chi connectivity index (χ0v) is 17.7. The van der Waals surface area contributed by atoms with Gasteiger partial charge in [-0.15, -0.1) is 0 Å². The molecule has 0 bridgehead atoms. The lowest BCUT2D eigenvalue weighted by Gasteiger charge is -2.46. The third-order valence-corrected chi connectivity index (χ3v) is 7.18. The highest BCUT2D eigenvalue weighted by Crippen LogP contribution is 2.47. The largest absolute Gasteiger partial charge is 0.494 e. The molecular weight excluding hydrogens is 378 g/mol. The minimum Gasteiger partial charge on any atom is -0.494 e. The number of sulfonamides is 1. The van der Waals surface area contributed by atoms with Gasteiger partial charge in [0.25, 0.3) is 15.9 Å². The third-order valence-electron chi connectivity index (χ3n) is 5.19. The SMILES string of the molecule is CCOc1ccc2c(c1)C(C)CC(C)(C)N2S(=O)(=O)c1cc(C(N)=O)n(C)c1. The summed E-state index contributed by atoms with van der Waals surface area (Å²) in [5, 5.41) is 0. The summed E-state index contributed by atoms with van der Waals surface area (Å²) in [5.41, 5.74) is 6.44. The molecule has 7 nitrogen and oxygen atoms in total. The molecule has 2 heterocycles. The molecule has 8 heteroatoms. The van der Waals surface area contributed by atoms with Crippen molar-refractivity contribution in [3.63, 3.8) is 0 Å². The molecule has 1 amide bonds. The second-order valence-corrected chi connectivity index (χ2v) is 9.66. The van der Waals surface area contributed by atoms with Crippen molar-refractivity contribution in [1.29, 1.82) is 0 Å². The number of nitrogens with zero attached hydrogens (tertiary/aromatic N) is 2. The number of hydrogen-bond acceptors (Lipinski definition) is 4. The van der Waals surface area contributed by atoms with E-state index in [1.165, 1.54) is 21.1 Å². The van der Waals surface area contributed by atoms with E-state index in [1.54, 1.807) is 19.2 Å². The average Bonchev–Trinajstić information content (AvgIpc) is 2.97. The van der Waals surface area contributed by atoms with Gasteiger partial charge in [0.05, 0.1) is 17.8 Å². The number of aryl methyl sites for hydroxylation is 1. The van der Waals surface area contributed by atoms with Crippen LogP contribution in [0.25, 0.3) is 0 Å². The highest BCUT2D eigenvalue weighted by molar-refractivity contribution is 7.93. The molecule has 2 N–H and O–H groups in total. The van der Waals surface area contributed by atoms with E-state index >= 15 is 0 Å². The first-order chi connectivity index (χ1) is 13.0. The van der Waals surface area contributed by atoms with E-state index in [9.17, 15) is 13.2 Å². The number of amides is 1. The molecule has 0 spiro atoms. The van der Waals surface area contributed by atoms with Crippen molar-refractivity contribution in [3.8, 4) is 5.75 Å². The summed E-state index contributed by atoms with van der Waals surface area (Å²) in [6.07, 6.45) is 2.09. The summed E-state index contributed by atoms with van der Waals surface area (Å²) < 4.78 is 35.7. The van der Waals surface area contributed by atoms with Gasteiger partial charge in [0, 0.05) is 13.2 Å². The van der Waals surface area contributed by atoms with Crippen molar-refractivity contribution in [2.45, 2.75) is 50.5 Å². The number of rotatable bonds is 5. The summed E-state index contributed by atoms with van der Waals surface area (Å²) in [6, 6.07) is 6.84. The topological polar surface area (TPSA) is 94.6 Å². The Labute approximate surface area is 166 Å². The fraction of sp³-hybridized carbons (Fsp3) is 0.450. The van der Waals surface area contributed by atoms with Crippen LogP contribution in [0.5, 0.6) is 5.75 Å².